The number of fused-ring (bicyclic) bond motifs is 6. The van der Waals surface area contributed by atoms with Crippen LogP contribution >= 0.6 is 0 Å². The van der Waals surface area contributed by atoms with Crippen molar-refractivity contribution in [3.8, 4) is 11.1 Å². The molecule has 8 rings (SSSR count). The molecule has 1 aliphatic rings. The minimum atomic E-state index is -0.346. The molecular weight excluding hydrogens is 472 g/mol. The fourth-order valence-electron chi connectivity index (χ4n) is 6.70. The molecule has 1 nitrogen and oxygen atoms in total. The number of hydrogen-bond acceptors (Lipinski definition) is 1. The van der Waals surface area contributed by atoms with Crippen molar-refractivity contribution in [3.05, 3.63) is 179 Å². The minimum absolute atomic E-state index is 0.346. The molecule has 0 N–H and O–H groups in total. The van der Waals surface area contributed by atoms with E-state index < -0.39 is 0 Å². The van der Waals surface area contributed by atoms with Crippen LogP contribution in [-0.4, -0.2) is 0 Å². The van der Waals surface area contributed by atoms with Crippen LogP contribution in [0, 0.1) is 0 Å². The van der Waals surface area contributed by atoms with E-state index in [1.165, 1.54) is 55.3 Å². The van der Waals surface area contributed by atoms with Crippen molar-refractivity contribution in [1.82, 2.24) is 0 Å². The average molecular weight is 499 g/mol. The van der Waals surface area contributed by atoms with E-state index in [1.807, 2.05) is 12.1 Å². The first kappa shape index (κ1) is 22.1. The van der Waals surface area contributed by atoms with Gasteiger partial charge in [-0.3, -0.25) is 0 Å². The maximum atomic E-state index is 6.04. The Morgan fingerprint density at radius 3 is 1.74 bits per heavy atom. The van der Waals surface area contributed by atoms with Crippen LogP contribution in [0.2, 0.25) is 0 Å². The highest BCUT2D eigenvalue weighted by atomic mass is 16.3. The van der Waals surface area contributed by atoms with Gasteiger partial charge < -0.3 is 4.42 Å². The lowest BCUT2D eigenvalue weighted by Gasteiger charge is -2.34. The van der Waals surface area contributed by atoms with E-state index in [0.717, 1.165) is 17.6 Å². The van der Waals surface area contributed by atoms with E-state index in [4.69, 9.17) is 4.42 Å². The summed E-state index contributed by atoms with van der Waals surface area (Å²) in [5, 5.41) is 2.36. The van der Waals surface area contributed by atoms with Crippen molar-refractivity contribution in [1.29, 1.82) is 0 Å². The smallest absolute Gasteiger partial charge is 0.135 e. The van der Waals surface area contributed by atoms with Crippen molar-refractivity contribution in [3.63, 3.8) is 0 Å². The van der Waals surface area contributed by atoms with Gasteiger partial charge in [-0.2, -0.15) is 0 Å². The summed E-state index contributed by atoms with van der Waals surface area (Å²) < 4.78 is 6.04. The van der Waals surface area contributed by atoms with Crippen LogP contribution in [-0.2, 0) is 11.8 Å². The van der Waals surface area contributed by atoms with E-state index in [0.29, 0.717) is 0 Å². The zero-order valence-corrected chi connectivity index (χ0v) is 21.5. The molecule has 0 spiro atoms. The second kappa shape index (κ2) is 8.58. The lowest BCUT2D eigenvalue weighted by atomic mass is 9.67. The van der Waals surface area contributed by atoms with E-state index in [1.54, 1.807) is 0 Å². The molecule has 0 aliphatic heterocycles. The lowest BCUT2D eigenvalue weighted by Crippen LogP contribution is -2.28. The zero-order chi connectivity index (χ0) is 25.8. The fraction of sp³-hybridized carbons (Fsp3) is 0.0526. The van der Waals surface area contributed by atoms with Crippen LogP contribution in [0.1, 0.15) is 33.4 Å². The Labute approximate surface area is 228 Å². The van der Waals surface area contributed by atoms with Crippen LogP contribution in [0.4, 0.5) is 0 Å². The van der Waals surface area contributed by atoms with Crippen LogP contribution in [0.5, 0.6) is 0 Å². The van der Waals surface area contributed by atoms with Crippen molar-refractivity contribution in [2.24, 2.45) is 0 Å². The summed E-state index contributed by atoms with van der Waals surface area (Å²) in [7, 11) is 0. The van der Waals surface area contributed by atoms with Gasteiger partial charge in [-0.1, -0.05) is 127 Å². The molecule has 7 aromatic rings. The summed E-state index contributed by atoms with van der Waals surface area (Å²) >= 11 is 0. The molecule has 0 atom stereocenters. The predicted octanol–water partition coefficient (Wildman–Crippen LogP) is 9.54. The summed E-state index contributed by atoms with van der Waals surface area (Å²) in [6.07, 6.45) is 0.876. The van der Waals surface area contributed by atoms with Gasteiger partial charge in [-0.05, 0) is 69.1 Å². The monoisotopic (exact) mass is 498 g/mol. The summed E-state index contributed by atoms with van der Waals surface area (Å²) in [6.45, 7) is 0. The van der Waals surface area contributed by atoms with Gasteiger partial charge in [0.2, 0.25) is 0 Å². The normalized spacial score (nSPS) is 13.4. The topological polar surface area (TPSA) is 13.1 Å². The standard InChI is InChI=1S/C38H26O/c1-2-10-28(11-3-1)38(34-15-7-4-12-30(34)31-13-5-8-16-35(31)38)29-21-18-26(19-22-29)24-27-20-23-37-33(25-27)32-14-6-9-17-36(32)39-37/h1-23,25H,24H2. The maximum Gasteiger partial charge on any atom is 0.135 e. The predicted molar refractivity (Wildman–Crippen MR) is 160 cm³/mol. The van der Waals surface area contributed by atoms with Gasteiger partial charge in [0.15, 0.2) is 0 Å². The van der Waals surface area contributed by atoms with Gasteiger partial charge in [0.1, 0.15) is 11.2 Å². The van der Waals surface area contributed by atoms with Crippen LogP contribution < -0.4 is 0 Å². The second-order valence-electron chi connectivity index (χ2n) is 10.5. The average Bonchev–Trinajstić information content (AvgIpc) is 3.52. The summed E-state index contributed by atoms with van der Waals surface area (Å²) in [5.74, 6) is 0. The summed E-state index contributed by atoms with van der Waals surface area (Å²) in [6, 6.07) is 52.9. The third kappa shape index (κ3) is 3.26. The first-order valence-electron chi connectivity index (χ1n) is 13.6. The summed E-state index contributed by atoms with van der Waals surface area (Å²) in [4.78, 5) is 0. The molecule has 0 radical (unpaired) electrons. The van der Waals surface area contributed by atoms with E-state index >= 15 is 0 Å². The molecule has 1 aliphatic carbocycles. The van der Waals surface area contributed by atoms with Crippen molar-refractivity contribution < 1.29 is 4.42 Å². The molecule has 0 amide bonds. The Hall–Kier alpha value is -4.88. The number of benzene rings is 6. The van der Waals surface area contributed by atoms with Gasteiger partial charge in [0, 0.05) is 10.8 Å². The third-order valence-electron chi connectivity index (χ3n) is 8.40. The minimum Gasteiger partial charge on any atom is -0.456 e. The Kier molecular flexibility index (Phi) is 4.87. The number of furan rings is 1. The number of hydrogen-bond donors (Lipinski definition) is 0. The molecule has 0 bridgehead atoms. The van der Waals surface area contributed by atoms with Gasteiger partial charge in [-0.15, -0.1) is 0 Å². The molecule has 1 heterocycles. The highest BCUT2D eigenvalue weighted by Gasteiger charge is 2.45. The van der Waals surface area contributed by atoms with Crippen LogP contribution in [0.25, 0.3) is 33.1 Å². The maximum absolute atomic E-state index is 6.04. The first-order chi connectivity index (χ1) is 19.3. The fourth-order valence-corrected chi connectivity index (χ4v) is 6.70. The first-order valence-corrected chi connectivity index (χ1v) is 13.6. The molecular formula is C38H26O. The highest BCUT2D eigenvalue weighted by Crippen LogP contribution is 2.55. The van der Waals surface area contributed by atoms with Crippen molar-refractivity contribution in [2.75, 3.05) is 0 Å². The molecule has 6 aromatic carbocycles. The van der Waals surface area contributed by atoms with Crippen molar-refractivity contribution in [2.45, 2.75) is 11.8 Å². The Morgan fingerprint density at radius 1 is 0.436 bits per heavy atom. The molecule has 1 heteroatoms. The van der Waals surface area contributed by atoms with Gasteiger partial charge in [-0.25, -0.2) is 0 Å². The molecule has 1 aromatic heterocycles. The Bertz CT molecular complexity index is 1930. The molecule has 0 fully saturated rings. The molecule has 39 heavy (non-hydrogen) atoms. The van der Waals surface area contributed by atoms with Gasteiger partial charge >= 0.3 is 0 Å². The lowest BCUT2D eigenvalue weighted by molar-refractivity contribution is 0.669. The van der Waals surface area contributed by atoms with Crippen LogP contribution in [0.3, 0.4) is 0 Å². The largest absolute Gasteiger partial charge is 0.456 e. The zero-order valence-electron chi connectivity index (χ0n) is 21.5. The number of para-hydroxylation sites is 1. The third-order valence-corrected chi connectivity index (χ3v) is 8.40. The second-order valence-corrected chi connectivity index (χ2v) is 10.5. The number of rotatable bonds is 4. The Morgan fingerprint density at radius 2 is 1.00 bits per heavy atom. The van der Waals surface area contributed by atoms with Gasteiger partial charge in [0.25, 0.3) is 0 Å². The van der Waals surface area contributed by atoms with E-state index in [2.05, 4.69) is 133 Å². The van der Waals surface area contributed by atoms with Gasteiger partial charge in [0.05, 0.1) is 5.41 Å². The molecule has 0 saturated heterocycles. The SMILES string of the molecule is c1ccc(C2(c3ccc(Cc4ccc5oc6ccccc6c5c4)cc3)c3ccccc3-c3ccccc32)cc1. The molecule has 0 unspecified atom stereocenters. The molecule has 184 valence electrons. The Balaban J connectivity index is 1.24. The highest BCUT2D eigenvalue weighted by molar-refractivity contribution is 6.05. The molecule has 0 saturated carbocycles. The quantitative estimate of drug-likeness (QED) is 0.235. The van der Waals surface area contributed by atoms with E-state index in [-0.39, 0.29) is 5.41 Å². The van der Waals surface area contributed by atoms with Crippen molar-refractivity contribution >= 4 is 21.9 Å². The van der Waals surface area contributed by atoms with E-state index in [9.17, 15) is 0 Å². The summed E-state index contributed by atoms with van der Waals surface area (Å²) in [5.41, 5.74) is 12.1. The van der Waals surface area contributed by atoms with Crippen LogP contribution in [0.15, 0.2) is 150 Å².